The molecule has 0 atom stereocenters. The maximum Gasteiger partial charge on any atom is 0.330 e. The summed E-state index contributed by atoms with van der Waals surface area (Å²) in [6, 6.07) is 7.30. The van der Waals surface area contributed by atoms with Gasteiger partial charge in [-0.3, -0.25) is 19.1 Å². The number of amides is 1. The van der Waals surface area contributed by atoms with Gasteiger partial charge in [0.25, 0.3) is 11.5 Å². The number of carbonyl (C=O) groups is 1. The number of H-pyrrole nitrogens is 1. The lowest BCUT2D eigenvalue weighted by atomic mass is 10.2. The highest BCUT2D eigenvalue weighted by molar-refractivity contribution is 6.05. The molecule has 0 spiro atoms. The Hall–Kier alpha value is -3.29. The highest BCUT2D eigenvalue weighted by Crippen LogP contribution is 2.18. The topological polar surface area (TPSA) is 110 Å². The molecule has 1 aromatic carbocycles. The Morgan fingerprint density at radius 3 is 2.48 bits per heavy atom. The van der Waals surface area contributed by atoms with Crippen LogP contribution in [-0.4, -0.2) is 28.6 Å². The zero-order chi connectivity index (χ0) is 21.4. The number of aromatic nitrogens is 2. The van der Waals surface area contributed by atoms with Gasteiger partial charge in [0.05, 0.1) is 6.61 Å². The number of rotatable bonds is 9. The third kappa shape index (κ3) is 5.37. The number of ether oxygens (including phenoxy) is 1. The fraction of sp³-hybridized carbons (Fsp3) is 0.381. The molecule has 0 saturated carbocycles. The van der Waals surface area contributed by atoms with Gasteiger partial charge >= 0.3 is 5.69 Å². The van der Waals surface area contributed by atoms with Gasteiger partial charge in [0, 0.05) is 19.2 Å². The minimum atomic E-state index is -0.676. The van der Waals surface area contributed by atoms with Crippen molar-refractivity contribution in [1.29, 1.82) is 0 Å². The van der Waals surface area contributed by atoms with Crippen LogP contribution in [0, 0.1) is 0 Å². The lowest BCUT2D eigenvalue weighted by Crippen LogP contribution is -2.40. The highest BCUT2D eigenvalue weighted by atomic mass is 16.5. The Labute approximate surface area is 169 Å². The predicted octanol–water partition coefficient (Wildman–Crippen LogP) is 2.38. The summed E-state index contributed by atoms with van der Waals surface area (Å²) in [6.07, 6.45) is 4.62. The molecule has 8 nitrogen and oxygen atoms in total. The molecule has 0 aliphatic carbocycles. The summed E-state index contributed by atoms with van der Waals surface area (Å²) in [7, 11) is 0. The van der Waals surface area contributed by atoms with Crippen LogP contribution < -0.4 is 26.6 Å². The van der Waals surface area contributed by atoms with Gasteiger partial charge in [0.1, 0.15) is 11.6 Å². The summed E-state index contributed by atoms with van der Waals surface area (Å²) >= 11 is 0. The molecule has 1 heterocycles. The molecule has 2 rings (SSSR count). The Bertz CT molecular complexity index is 974. The van der Waals surface area contributed by atoms with Gasteiger partial charge in [-0.05, 0) is 44.0 Å². The normalized spacial score (nSPS) is 11.0. The van der Waals surface area contributed by atoms with Gasteiger partial charge in [-0.1, -0.05) is 25.5 Å². The molecule has 0 bridgehead atoms. The summed E-state index contributed by atoms with van der Waals surface area (Å²) in [4.78, 5) is 40.7. The molecule has 0 radical (unpaired) electrons. The van der Waals surface area contributed by atoms with Gasteiger partial charge in [0.15, 0.2) is 5.69 Å². The Kier molecular flexibility index (Phi) is 7.82. The highest BCUT2D eigenvalue weighted by Gasteiger charge is 2.21. The number of hydrogen-bond donors (Lipinski definition) is 2. The first-order valence-corrected chi connectivity index (χ1v) is 9.77. The number of anilines is 2. The first kappa shape index (κ1) is 22.0. The molecule has 0 unspecified atom stereocenters. The van der Waals surface area contributed by atoms with Crippen molar-refractivity contribution < 1.29 is 9.53 Å². The monoisotopic (exact) mass is 400 g/mol. The molecule has 1 amide bonds. The molecule has 156 valence electrons. The Balaban J connectivity index is 2.31. The minimum absolute atomic E-state index is 0.00290. The molecule has 29 heavy (non-hydrogen) atoms. The average molecular weight is 400 g/mol. The number of carbonyl (C=O) groups excluding carboxylic acids is 1. The quantitative estimate of drug-likeness (QED) is 0.628. The lowest BCUT2D eigenvalue weighted by molar-refractivity contribution is -0.114. The van der Waals surface area contributed by atoms with E-state index in [0.29, 0.717) is 13.2 Å². The van der Waals surface area contributed by atoms with Crippen LogP contribution in [-0.2, 0) is 11.3 Å². The molecular weight excluding hydrogens is 372 g/mol. The third-order valence-corrected chi connectivity index (χ3v) is 4.41. The summed E-state index contributed by atoms with van der Waals surface area (Å²) in [6.45, 7) is 6.81. The Morgan fingerprint density at radius 2 is 1.90 bits per heavy atom. The number of benzene rings is 1. The van der Waals surface area contributed by atoms with E-state index in [9.17, 15) is 14.4 Å². The SMILES string of the molecule is CCCCn1c(N)c(N(CC)C(=O)/C=C/c2ccc(OCC)cc2)c(=O)[nH]c1=O. The zero-order valence-electron chi connectivity index (χ0n) is 17.1. The van der Waals surface area contributed by atoms with Crippen LogP contribution in [0.5, 0.6) is 5.75 Å². The number of nitrogen functional groups attached to an aromatic ring is 1. The molecule has 2 aromatic rings. The van der Waals surface area contributed by atoms with Crippen LogP contribution in [0.1, 0.15) is 39.2 Å². The zero-order valence-corrected chi connectivity index (χ0v) is 17.1. The largest absolute Gasteiger partial charge is 0.494 e. The van der Waals surface area contributed by atoms with E-state index in [1.54, 1.807) is 13.0 Å². The lowest BCUT2D eigenvalue weighted by Gasteiger charge is -2.21. The summed E-state index contributed by atoms with van der Waals surface area (Å²) in [5.74, 6) is 0.343. The molecule has 8 heteroatoms. The second-order valence-electron chi connectivity index (χ2n) is 6.42. The second-order valence-corrected chi connectivity index (χ2v) is 6.42. The summed E-state index contributed by atoms with van der Waals surface area (Å²) in [5, 5.41) is 0. The maximum absolute atomic E-state index is 12.8. The van der Waals surface area contributed by atoms with Crippen LogP contribution in [0.4, 0.5) is 11.5 Å². The standard InChI is InChI=1S/C21H28N4O4/c1-4-7-14-25-19(22)18(20(27)23-21(25)28)24(5-2)17(26)13-10-15-8-11-16(12-9-15)29-6-3/h8-13H,4-7,14,22H2,1-3H3,(H,23,27,28)/b13-10+. The molecular formula is C21H28N4O4. The fourth-order valence-corrected chi connectivity index (χ4v) is 2.90. The van der Waals surface area contributed by atoms with Crippen molar-refractivity contribution in [2.45, 2.75) is 40.2 Å². The van der Waals surface area contributed by atoms with E-state index >= 15 is 0 Å². The van der Waals surface area contributed by atoms with Crippen molar-refractivity contribution in [3.05, 3.63) is 56.7 Å². The van der Waals surface area contributed by atoms with E-state index in [1.165, 1.54) is 15.5 Å². The number of hydrogen-bond acceptors (Lipinski definition) is 5. The van der Waals surface area contributed by atoms with Crippen molar-refractivity contribution >= 4 is 23.5 Å². The van der Waals surface area contributed by atoms with Crippen LogP contribution in [0.3, 0.4) is 0 Å². The number of unbranched alkanes of at least 4 members (excludes halogenated alkanes) is 1. The van der Waals surface area contributed by atoms with Gasteiger partial charge in [-0.25, -0.2) is 4.79 Å². The van der Waals surface area contributed by atoms with E-state index in [2.05, 4.69) is 4.98 Å². The van der Waals surface area contributed by atoms with Crippen molar-refractivity contribution in [2.24, 2.45) is 0 Å². The minimum Gasteiger partial charge on any atom is -0.494 e. The van der Waals surface area contributed by atoms with Crippen molar-refractivity contribution in [3.63, 3.8) is 0 Å². The molecule has 0 fully saturated rings. The third-order valence-electron chi connectivity index (χ3n) is 4.41. The number of nitrogens with one attached hydrogen (secondary N) is 1. The summed E-state index contributed by atoms with van der Waals surface area (Å²) in [5.41, 5.74) is 5.66. The molecule has 3 N–H and O–H groups in total. The molecule has 1 aromatic heterocycles. The first-order valence-electron chi connectivity index (χ1n) is 9.77. The molecule has 0 aliphatic rings. The van der Waals surface area contributed by atoms with Crippen LogP contribution in [0.2, 0.25) is 0 Å². The van der Waals surface area contributed by atoms with Crippen molar-refractivity contribution in [2.75, 3.05) is 23.8 Å². The predicted molar refractivity (Wildman–Crippen MR) is 115 cm³/mol. The van der Waals surface area contributed by atoms with Crippen LogP contribution in [0.15, 0.2) is 39.9 Å². The molecule has 0 saturated heterocycles. The smallest absolute Gasteiger partial charge is 0.330 e. The number of nitrogens with zero attached hydrogens (tertiary/aromatic N) is 2. The number of likely N-dealkylation sites (N-methyl/N-ethyl adjacent to an activating group) is 1. The van der Waals surface area contributed by atoms with Crippen molar-refractivity contribution in [3.8, 4) is 5.75 Å². The van der Waals surface area contributed by atoms with E-state index < -0.39 is 17.2 Å². The van der Waals surface area contributed by atoms with E-state index in [1.807, 2.05) is 38.1 Å². The van der Waals surface area contributed by atoms with E-state index in [-0.39, 0.29) is 18.1 Å². The second kappa shape index (κ2) is 10.3. The van der Waals surface area contributed by atoms with E-state index in [4.69, 9.17) is 10.5 Å². The van der Waals surface area contributed by atoms with Gasteiger partial charge in [-0.2, -0.15) is 0 Å². The Morgan fingerprint density at radius 1 is 1.21 bits per heavy atom. The van der Waals surface area contributed by atoms with Crippen molar-refractivity contribution in [1.82, 2.24) is 9.55 Å². The number of aromatic amines is 1. The fourth-order valence-electron chi connectivity index (χ4n) is 2.90. The summed E-state index contributed by atoms with van der Waals surface area (Å²) < 4.78 is 6.69. The number of nitrogens with two attached hydrogens (primary N) is 1. The van der Waals surface area contributed by atoms with Crippen LogP contribution in [0.25, 0.3) is 6.08 Å². The van der Waals surface area contributed by atoms with Gasteiger partial charge < -0.3 is 15.4 Å². The van der Waals surface area contributed by atoms with Crippen LogP contribution >= 0.6 is 0 Å². The average Bonchev–Trinajstić information content (AvgIpc) is 2.70. The first-order chi connectivity index (χ1) is 13.9. The van der Waals surface area contributed by atoms with Gasteiger partial charge in [-0.15, -0.1) is 0 Å². The maximum atomic E-state index is 12.8. The van der Waals surface area contributed by atoms with Gasteiger partial charge in [0.2, 0.25) is 0 Å². The molecule has 0 aliphatic heterocycles. The van der Waals surface area contributed by atoms with E-state index in [0.717, 1.165) is 24.2 Å².